The minimum Gasteiger partial charge on any atom is -0.364 e. The third-order valence-corrected chi connectivity index (χ3v) is 8.65. The summed E-state index contributed by atoms with van der Waals surface area (Å²) >= 11 is 28.3. The number of aromatic nitrogens is 3. The van der Waals surface area contributed by atoms with Gasteiger partial charge in [-0.3, -0.25) is 19.2 Å². The summed E-state index contributed by atoms with van der Waals surface area (Å²) < 4.78 is 56.4. The third-order valence-electron chi connectivity index (χ3n) is 6.84. The lowest BCUT2D eigenvalue weighted by Gasteiger charge is -2.26. The molecule has 0 saturated heterocycles. The van der Waals surface area contributed by atoms with Gasteiger partial charge in [-0.15, -0.1) is 29.9 Å². The highest BCUT2D eigenvalue weighted by Crippen LogP contribution is 2.32. The van der Waals surface area contributed by atoms with Crippen molar-refractivity contribution < 1.29 is 31.5 Å². The largest absolute Gasteiger partial charge is 0.364 e. The Kier molecular flexibility index (Phi) is 20.7. The second-order valence-corrected chi connectivity index (χ2v) is 14.6. The maximum absolute atomic E-state index is 12.8. The van der Waals surface area contributed by atoms with Crippen molar-refractivity contribution in [2.45, 2.75) is 45.0 Å². The molecule has 3 aromatic rings. The molecule has 0 radical (unpaired) electrons. The number of hydrogen-bond donors (Lipinski definition) is 1. The van der Waals surface area contributed by atoms with Crippen LogP contribution in [0.5, 0.6) is 0 Å². The Morgan fingerprint density at radius 1 is 1.06 bits per heavy atom. The maximum Gasteiger partial charge on any atom is 0.355 e. The van der Waals surface area contributed by atoms with E-state index < -0.39 is 27.1 Å². The van der Waals surface area contributed by atoms with Crippen molar-refractivity contribution in [3.8, 4) is 5.69 Å². The predicted octanol–water partition coefficient (Wildman–Crippen LogP) is 7.39. The third kappa shape index (κ3) is 14.2. The van der Waals surface area contributed by atoms with Crippen molar-refractivity contribution in [1.82, 2.24) is 19.2 Å². The van der Waals surface area contributed by atoms with E-state index in [0.29, 0.717) is 17.8 Å². The molecular formula is C33H41Cl5F2N6O6S. The number of anilines is 2. The van der Waals surface area contributed by atoms with Crippen LogP contribution in [0.4, 0.5) is 20.2 Å². The molecule has 2 amide bonds. The molecule has 1 N–H and O–H groups in total. The van der Waals surface area contributed by atoms with Gasteiger partial charge in [0.25, 0.3) is 5.91 Å². The van der Waals surface area contributed by atoms with Crippen LogP contribution in [0, 0.1) is 6.92 Å². The number of para-hydroxylation sites is 1. The highest BCUT2D eigenvalue weighted by Gasteiger charge is 2.22. The summed E-state index contributed by atoms with van der Waals surface area (Å²) in [5.74, 6) is -0.717. The second kappa shape index (κ2) is 22.9. The second-order valence-electron chi connectivity index (χ2n) is 10.7. The van der Waals surface area contributed by atoms with Gasteiger partial charge in [0.1, 0.15) is 18.4 Å². The molecule has 294 valence electrons. The Labute approximate surface area is 332 Å². The molecule has 20 heteroatoms. The number of carbonyl (C=O) groups excluding carboxylic acids is 2. The minimum absolute atomic E-state index is 0.0257. The molecule has 0 bridgehead atoms. The van der Waals surface area contributed by atoms with Gasteiger partial charge in [0.05, 0.1) is 33.4 Å². The summed E-state index contributed by atoms with van der Waals surface area (Å²) in [5.41, 5.74) is 1.97. The maximum atomic E-state index is 12.8. The van der Waals surface area contributed by atoms with Gasteiger partial charge in [-0.1, -0.05) is 90.6 Å². The molecule has 1 heterocycles. The first-order valence-electron chi connectivity index (χ1n) is 15.5. The van der Waals surface area contributed by atoms with E-state index in [0.717, 1.165) is 42.0 Å². The van der Waals surface area contributed by atoms with Gasteiger partial charge in [-0.25, -0.2) is 17.8 Å². The molecule has 0 spiro atoms. The normalized spacial score (nSPS) is 10.9. The quantitative estimate of drug-likeness (QED) is 0.0957. The number of ether oxygens (including phenoxy) is 1. The number of halogens is 7. The van der Waals surface area contributed by atoms with Crippen LogP contribution >= 0.6 is 58.0 Å². The standard InChI is InChI=1S/C14H20ClNO2.C11H10Cl2F2N4O3S.C8H11Cl2NO/c1-4-11-7-6-8-12(5-2)14(11)16(10-18-3)13(17)9-15;1-5-16-19(11(20)18(5)10(14)15)9-4-8(17-23(2,21)22)6(12)3-7(9)13;1-3-5-11(6-4-2)8(12)7(9)10/h6-8H,4-5,9-10H2,1-3H3;3-4,10,17H,1-2H3;3-4,7H,1-2,5-6H2. The SMILES string of the molecule is C=CCN(CC=C)C(=O)C(Cl)Cl.CCc1cccc(CC)c1N(COC)C(=O)CCl.Cc1nn(-c2cc(NS(C)(=O)=O)c(Cl)cc2Cl)c(=O)n1C(F)F. The van der Waals surface area contributed by atoms with Crippen LogP contribution < -0.4 is 15.3 Å². The lowest BCUT2D eigenvalue weighted by atomic mass is 10.0. The molecular weight excluding hydrogens is 824 g/mol. The van der Waals surface area contributed by atoms with Gasteiger partial charge < -0.3 is 9.64 Å². The monoisotopic (exact) mass is 862 g/mol. The Balaban J connectivity index is 0.000000419. The van der Waals surface area contributed by atoms with Crippen LogP contribution in [-0.4, -0.2) is 83.4 Å². The number of benzene rings is 2. The van der Waals surface area contributed by atoms with E-state index in [4.69, 9.17) is 62.7 Å². The van der Waals surface area contributed by atoms with Crippen molar-refractivity contribution in [3.63, 3.8) is 0 Å². The molecule has 0 aliphatic heterocycles. The van der Waals surface area contributed by atoms with Crippen LogP contribution in [0.3, 0.4) is 0 Å². The fourth-order valence-electron chi connectivity index (χ4n) is 4.56. The van der Waals surface area contributed by atoms with E-state index >= 15 is 0 Å². The highest BCUT2D eigenvalue weighted by molar-refractivity contribution is 7.92. The fourth-order valence-corrected chi connectivity index (χ4v) is 6.12. The van der Waals surface area contributed by atoms with E-state index in [1.54, 1.807) is 24.2 Å². The summed E-state index contributed by atoms with van der Waals surface area (Å²) in [6.07, 6.45) is 5.87. The Bertz CT molecular complexity index is 1860. The van der Waals surface area contributed by atoms with E-state index in [9.17, 15) is 31.6 Å². The minimum atomic E-state index is -3.65. The molecule has 0 atom stereocenters. The summed E-state index contributed by atoms with van der Waals surface area (Å²) in [5, 5.41) is 3.63. The average molecular weight is 865 g/mol. The summed E-state index contributed by atoms with van der Waals surface area (Å²) in [4.78, 5) is 37.2. The Morgan fingerprint density at radius 2 is 1.60 bits per heavy atom. The van der Waals surface area contributed by atoms with E-state index in [1.807, 2.05) is 18.2 Å². The van der Waals surface area contributed by atoms with E-state index in [2.05, 4.69) is 36.8 Å². The van der Waals surface area contributed by atoms with Gasteiger partial charge in [-0.2, -0.15) is 13.5 Å². The molecule has 53 heavy (non-hydrogen) atoms. The molecule has 12 nitrogen and oxygen atoms in total. The van der Waals surface area contributed by atoms with Gasteiger partial charge in [0.2, 0.25) is 15.9 Å². The number of alkyl halides is 5. The van der Waals surface area contributed by atoms with Crippen LogP contribution in [0.15, 0.2) is 60.4 Å². The average Bonchev–Trinajstić information content (AvgIpc) is 3.40. The molecule has 0 aliphatic carbocycles. The zero-order valence-electron chi connectivity index (χ0n) is 29.6. The van der Waals surface area contributed by atoms with Crippen LogP contribution in [0.1, 0.15) is 37.3 Å². The van der Waals surface area contributed by atoms with Crippen molar-refractivity contribution in [2.24, 2.45) is 0 Å². The number of methoxy groups -OCH3 is 1. The van der Waals surface area contributed by atoms with Crippen molar-refractivity contribution in [1.29, 1.82) is 0 Å². The van der Waals surface area contributed by atoms with Crippen LogP contribution in [0.25, 0.3) is 5.69 Å². The molecule has 0 fully saturated rings. The molecule has 0 unspecified atom stereocenters. The Morgan fingerprint density at radius 3 is 2.00 bits per heavy atom. The molecule has 0 saturated carbocycles. The molecule has 1 aromatic heterocycles. The van der Waals surface area contributed by atoms with Crippen molar-refractivity contribution in [3.05, 3.63) is 93.1 Å². The first kappa shape index (κ1) is 47.8. The zero-order chi connectivity index (χ0) is 40.6. The summed E-state index contributed by atoms with van der Waals surface area (Å²) in [6.45, 7) is 10.4. The van der Waals surface area contributed by atoms with Crippen molar-refractivity contribution >= 4 is 91.2 Å². The summed E-state index contributed by atoms with van der Waals surface area (Å²) in [7, 11) is -2.07. The number of nitrogens with zero attached hydrogens (tertiary/aromatic N) is 5. The lowest BCUT2D eigenvalue weighted by molar-refractivity contribution is -0.128. The molecule has 0 aliphatic rings. The number of aryl methyl sites for hydroxylation is 3. The molecule has 2 aromatic carbocycles. The number of amides is 2. The lowest BCUT2D eigenvalue weighted by Crippen LogP contribution is -2.35. The smallest absolute Gasteiger partial charge is 0.355 e. The zero-order valence-corrected chi connectivity index (χ0v) is 34.2. The number of sulfonamides is 1. The van der Waals surface area contributed by atoms with E-state index in [1.165, 1.54) is 17.9 Å². The first-order chi connectivity index (χ1) is 24.8. The number of hydrogen-bond acceptors (Lipinski definition) is 7. The fraction of sp³-hybridized carbons (Fsp3) is 0.394. The van der Waals surface area contributed by atoms with Gasteiger partial charge in [0.15, 0.2) is 4.84 Å². The Hall–Kier alpha value is -3.18. The van der Waals surface area contributed by atoms with Gasteiger partial charge in [-0.05, 0) is 43.0 Å². The number of rotatable bonds is 15. The highest BCUT2D eigenvalue weighted by atomic mass is 35.5. The van der Waals surface area contributed by atoms with Crippen LogP contribution in [-0.2, 0) is 37.2 Å². The van der Waals surface area contributed by atoms with E-state index in [-0.39, 0.29) is 56.2 Å². The van der Waals surface area contributed by atoms with Crippen LogP contribution in [0.2, 0.25) is 10.0 Å². The summed E-state index contributed by atoms with van der Waals surface area (Å²) in [6, 6.07) is 8.42. The molecule has 3 rings (SSSR count). The number of carbonyl (C=O) groups is 2. The number of nitrogens with one attached hydrogen (secondary N) is 1. The van der Waals surface area contributed by atoms with Gasteiger partial charge >= 0.3 is 12.2 Å². The van der Waals surface area contributed by atoms with Crippen molar-refractivity contribution in [2.75, 3.05) is 48.7 Å². The van der Waals surface area contributed by atoms with Gasteiger partial charge in [0, 0.05) is 20.2 Å². The predicted molar refractivity (Wildman–Crippen MR) is 210 cm³/mol. The first-order valence-corrected chi connectivity index (χ1v) is 19.6. The topological polar surface area (TPSA) is 136 Å².